The molecule has 16 nitrogen and oxygen atoms in total. The molecule has 6 rings (SSSR count). The van der Waals surface area contributed by atoms with Gasteiger partial charge in [-0.2, -0.15) is 0 Å². The van der Waals surface area contributed by atoms with Gasteiger partial charge in [0.15, 0.2) is 23.0 Å². The number of aliphatic carboxylic acids is 1. The summed E-state index contributed by atoms with van der Waals surface area (Å²) < 4.78 is 29.2. The molecule has 0 spiro atoms. The molecule has 2 fully saturated rings. The number of nitrogens with zero attached hydrogens (tertiary/aromatic N) is 4. The van der Waals surface area contributed by atoms with Crippen LogP contribution in [0, 0.1) is 0 Å². The van der Waals surface area contributed by atoms with Crippen molar-refractivity contribution in [2.45, 2.75) is 60.3 Å². The second kappa shape index (κ2) is 20.1. The maximum Gasteiger partial charge on any atom is 0.318 e. The minimum absolute atomic E-state index is 0.00131. The molecule has 2 aromatic rings. The van der Waals surface area contributed by atoms with Gasteiger partial charge in [0.05, 0.1) is 81.7 Å². The van der Waals surface area contributed by atoms with Crippen molar-refractivity contribution >= 4 is 79.0 Å². The third kappa shape index (κ3) is 10.1. The van der Waals surface area contributed by atoms with E-state index in [-0.39, 0.29) is 62.5 Å². The maximum atomic E-state index is 13.9. The first kappa shape index (κ1) is 44.6. The van der Waals surface area contributed by atoms with Gasteiger partial charge in [-0.1, -0.05) is 56.2 Å². The van der Waals surface area contributed by atoms with Crippen LogP contribution in [0.25, 0.3) is 0 Å². The Labute approximate surface area is 365 Å². The van der Waals surface area contributed by atoms with Crippen LogP contribution in [-0.2, 0) is 19.1 Å². The number of rotatable bonds is 19. The van der Waals surface area contributed by atoms with Gasteiger partial charge in [0.2, 0.25) is 11.8 Å². The molecule has 2 saturated heterocycles. The number of carboxylic acid groups (broad SMARTS) is 1. The maximum absolute atomic E-state index is 13.9. The lowest BCUT2D eigenvalue weighted by Gasteiger charge is -2.26. The van der Waals surface area contributed by atoms with E-state index in [0.717, 1.165) is 17.6 Å². The van der Waals surface area contributed by atoms with Crippen molar-refractivity contribution in [2.24, 2.45) is 4.99 Å². The number of anilines is 1. The van der Waals surface area contributed by atoms with Gasteiger partial charge in [-0.05, 0) is 44.2 Å². The van der Waals surface area contributed by atoms with Crippen LogP contribution >= 0.6 is 31.9 Å². The van der Waals surface area contributed by atoms with Gasteiger partial charge in [-0.25, -0.2) is 0 Å². The van der Waals surface area contributed by atoms with Gasteiger partial charge in [0, 0.05) is 44.5 Å². The monoisotopic (exact) mass is 957 g/mol. The van der Waals surface area contributed by atoms with Crippen LogP contribution in [0.15, 0.2) is 53.6 Å². The van der Waals surface area contributed by atoms with Crippen molar-refractivity contribution in [1.29, 1.82) is 0 Å². The summed E-state index contributed by atoms with van der Waals surface area (Å²) in [7, 11) is 3.03. The smallest absolute Gasteiger partial charge is 0.318 e. The number of halogens is 2. The standard InChI is InChI=1S/C42H49Br2N5O11/c1-24-14-26-20-46-30-18-34(32(56-3)16-28(30)40(52)47(26)21-24)59-10-6-5-7-11-60-35-19-31-29(17-33(35)57-4)41(53)48-22-25(2)15-27(48)23-49(31)36(50)8-12-58-13-9-45-39(51)37(43)38(44)42(54)55/h16-20,26-27,37-38H,1-2,5-15,21-23H2,3-4H3,(H,45,51)(H,54,55)/t26-,27-,37?,38?/m0/s1. The highest BCUT2D eigenvalue weighted by atomic mass is 79.9. The summed E-state index contributed by atoms with van der Waals surface area (Å²) >= 11 is 6.03. The number of fused-ring (bicyclic) bond motifs is 4. The minimum Gasteiger partial charge on any atom is -0.493 e. The second-order valence-electron chi connectivity index (χ2n) is 14.9. The average molecular weight is 960 g/mol. The third-order valence-electron chi connectivity index (χ3n) is 10.6. The SMILES string of the molecule is C=C1C[C@H]2CN(C(=O)CCOCCNC(=O)C(Br)C(Br)C(=O)O)c3cc(OCCCCCOc4cc5c(cc4OC)C(=O)N4CC(=C)C[C@H]4C=N5)c(OC)cc3C(=O)N2C1. The minimum atomic E-state index is -1.18. The lowest BCUT2D eigenvalue weighted by molar-refractivity contribution is -0.137. The first-order chi connectivity index (χ1) is 28.8. The van der Waals surface area contributed by atoms with Crippen LogP contribution in [0.5, 0.6) is 23.0 Å². The van der Waals surface area contributed by atoms with Crippen LogP contribution in [0.3, 0.4) is 0 Å². The molecule has 4 aliphatic heterocycles. The summed E-state index contributed by atoms with van der Waals surface area (Å²) in [6, 6.07) is 6.37. The fourth-order valence-electron chi connectivity index (χ4n) is 7.54. The molecule has 60 heavy (non-hydrogen) atoms. The molecular weight excluding hydrogens is 910 g/mol. The number of unbranched alkanes of at least 4 members (excludes halogenated alkanes) is 2. The number of carbonyl (C=O) groups excluding carboxylic acids is 4. The summed E-state index contributed by atoms with van der Waals surface area (Å²) in [5, 5.41) is 11.7. The van der Waals surface area contributed by atoms with E-state index in [1.165, 1.54) is 14.2 Å². The molecule has 2 N–H and O–H groups in total. The number of ether oxygens (including phenoxy) is 5. The Bertz CT molecular complexity index is 2060. The first-order valence-electron chi connectivity index (χ1n) is 19.7. The highest BCUT2D eigenvalue weighted by molar-refractivity contribution is 9.12. The molecule has 2 aromatic carbocycles. The molecule has 2 unspecified atom stereocenters. The number of carbonyl (C=O) groups is 5. The van der Waals surface area contributed by atoms with E-state index in [0.29, 0.717) is 97.5 Å². The molecule has 4 amide bonds. The number of carboxylic acids is 1. The van der Waals surface area contributed by atoms with E-state index in [1.807, 2.05) is 0 Å². The largest absolute Gasteiger partial charge is 0.493 e. The molecular formula is C42H49Br2N5O11. The normalized spacial score (nSPS) is 19.1. The number of alkyl halides is 2. The Morgan fingerprint density at radius 3 is 2.15 bits per heavy atom. The molecule has 0 aromatic heterocycles. The van der Waals surface area contributed by atoms with E-state index in [1.54, 1.807) is 45.2 Å². The molecule has 18 heteroatoms. The summed E-state index contributed by atoms with van der Waals surface area (Å²) in [6.45, 7) is 10.3. The Morgan fingerprint density at radius 2 is 1.47 bits per heavy atom. The quantitative estimate of drug-likeness (QED) is 0.109. The van der Waals surface area contributed by atoms with Crippen LogP contribution in [0.4, 0.5) is 11.4 Å². The van der Waals surface area contributed by atoms with E-state index in [4.69, 9.17) is 28.8 Å². The molecule has 0 saturated carbocycles. The topological polar surface area (TPSA) is 186 Å². The number of hydrogen-bond donors (Lipinski definition) is 2. The summed E-state index contributed by atoms with van der Waals surface area (Å²) in [4.78, 5) is 72.0. The van der Waals surface area contributed by atoms with Crippen LogP contribution in [0.1, 0.15) is 59.2 Å². The summed E-state index contributed by atoms with van der Waals surface area (Å²) in [5.41, 5.74) is 3.64. The number of amides is 4. The van der Waals surface area contributed by atoms with Crippen molar-refractivity contribution in [3.8, 4) is 23.0 Å². The van der Waals surface area contributed by atoms with E-state index in [2.05, 4.69) is 55.3 Å². The van der Waals surface area contributed by atoms with E-state index >= 15 is 0 Å². The molecule has 0 bridgehead atoms. The molecule has 0 radical (unpaired) electrons. The summed E-state index contributed by atoms with van der Waals surface area (Å²) in [5.74, 6) is -0.579. The fourth-order valence-corrected chi connectivity index (χ4v) is 8.17. The lowest BCUT2D eigenvalue weighted by Crippen LogP contribution is -2.42. The van der Waals surface area contributed by atoms with Gasteiger partial charge in [-0.3, -0.25) is 29.0 Å². The Morgan fingerprint density at radius 1 is 0.833 bits per heavy atom. The second-order valence-corrected chi connectivity index (χ2v) is 16.8. The Balaban J connectivity index is 1.03. The zero-order chi connectivity index (χ0) is 43.1. The van der Waals surface area contributed by atoms with Gasteiger partial charge < -0.3 is 48.8 Å². The predicted molar refractivity (Wildman–Crippen MR) is 230 cm³/mol. The van der Waals surface area contributed by atoms with Crippen molar-refractivity contribution in [2.75, 3.05) is 71.7 Å². The molecule has 322 valence electrons. The number of nitrogens with one attached hydrogen (secondary N) is 1. The predicted octanol–water partition coefficient (Wildman–Crippen LogP) is 5.07. The van der Waals surface area contributed by atoms with E-state index in [9.17, 15) is 24.0 Å². The van der Waals surface area contributed by atoms with E-state index < -0.39 is 21.5 Å². The van der Waals surface area contributed by atoms with Gasteiger partial charge in [0.1, 0.15) is 9.65 Å². The molecule has 0 aliphatic carbocycles. The zero-order valence-electron chi connectivity index (χ0n) is 33.6. The van der Waals surface area contributed by atoms with Gasteiger partial charge in [0.25, 0.3) is 11.8 Å². The van der Waals surface area contributed by atoms with Crippen LogP contribution < -0.4 is 29.2 Å². The van der Waals surface area contributed by atoms with Crippen molar-refractivity contribution in [1.82, 2.24) is 15.1 Å². The van der Waals surface area contributed by atoms with Crippen LogP contribution in [0.2, 0.25) is 0 Å². The molecule has 4 aliphatic rings. The highest BCUT2D eigenvalue weighted by Gasteiger charge is 2.40. The lowest BCUT2D eigenvalue weighted by atomic mass is 10.1. The highest BCUT2D eigenvalue weighted by Crippen LogP contribution is 2.41. The summed E-state index contributed by atoms with van der Waals surface area (Å²) in [6.07, 6.45) is 5.21. The van der Waals surface area contributed by atoms with Crippen molar-refractivity contribution in [3.63, 3.8) is 0 Å². The van der Waals surface area contributed by atoms with Crippen LogP contribution in [-0.4, -0.2) is 139 Å². The Hall–Kier alpha value is -4.94. The van der Waals surface area contributed by atoms with Crippen molar-refractivity contribution < 1.29 is 52.8 Å². The van der Waals surface area contributed by atoms with Crippen molar-refractivity contribution in [3.05, 3.63) is 59.7 Å². The van der Waals surface area contributed by atoms with Gasteiger partial charge in [-0.15, -0.1) is 0 Å². The Kier molecular flexibility index (Phi) is 14.9. The fraction of sp³-hybridized carbons (Fsp3) is 0.476. The first-order valence-corrected chi connectivity index (χ1v) is 21.5. The number of aliphatic imine (C=N–C) groups is 1. The number of benzene rings is 2. The number of methoxy groups -OCH3 is 2. The van der Waals surface area contributed by atoms with Gasteiger partial charge >= 0.3 is 5.97 Å². The molecule has 4 heterocycles. The zero-order valence-corrected chi connectivity index (χ0v) is 36.8. The average Bonchev–Trinajstić information content (AvgIpc) is 3.75. The molecule has 4 atom stereocenters. The third-order valence-corrected chi connectivity index (χ3v) is 13.2. The number of hydrogen-bond acceptors (Lipinski definition) is 11.